The molecule has 0 spiro atoms. The van der Waals surface area contributed by atoms with Crippen molar-refractivity contribution in [1.82, 2.24) is 5.48 Å². The average molecular weight is 405 g/mol. The van der Waals surface area contributed by atoms with Gasteiger partial charge < -0.3 is 14.8 Å². The smallest absolute Gasteiger partial charge is 0.343 e. The molecule has 0 heterocycles. The highest BCUT2D eigenvalue weighted by molar-refractivity contribution is 5.90. The highest BCUT2D eigenvalue weighted by Gasteiger charge is 2.11. The Morgan fingerprint density at radius 3 is 2.07 bits per heavy atom. The Morgan fingerprint density at radius 2 is 1.62 bits per heavy atom. The summed E-state index contributed by atoms with van der Waals surface area (Å²) in [5.74, 6) is -2.83. The van der Waals surface area contributed by atoms with Crippen LogP contribution in [-0.4, -0.2) is 36.0 Å². The second kappa shape index (κ2) is 15.9. The molecule has 0 saturated heterocycles. The number of hydrogen-bond donors (Lipinski definition) is 2. The summed E-state index contributed by atoms with van der Waals surface area (Å²) in [6.45, 7) is 13.2. The van der Waals surface area contributed by atoms with E-state index >= 15 is 0 Å². The number of hydroxylamine groups is 1. The molecule has 0 aliphatic heterocycles. The molecule has 1 amide bonds. The number of aryl methyl sites for hydroxylation is 1. The second-order valence-corrected chi connectivity index (χ2v) is 6.22. The number of rotatable bonds is 11. The standard InChI is InChI=1S/C18H22N2O5.C4H10/c1-3-11-20(12-4-2)15-8-5-14(6-9-15)7-10-16(21)19-25-18(24)13-17(22)23;1-3-4-2/h3-6,8-9H,1-2,7,10-13H2,(H,19,21)(H,22,23);3-4H2,1-2H3. The first-order valence-corrected chi connectivity index (χ1v) is 9.63. The lowest BCUT2D eigenvalue weighted by molar-refractivity contribution is -0.162. The number of unbranched alkanes of at least 4 members (excludes halogenated alkanes) is 1. The summed E-state index contributed by atoms with van der Waals surface area (Å²) < 4.78 is 0. The predicted molar refractivity (Wildman–Crippen MR) is 114 cm³/mol. The lowest BCUT2D eigenvalue weighted by Crippen LogP contribution is -2.28. The largest absolute Gasteiger partial charge is 0.481 e. The highest BCUT2D eigenvalue weighted by Crippen LogP contribution is 2.16. The number of nitrogens with zero attached hydrogens (tertiary/aromatic N) is 1. The van der Waals surface area contributed by atoms with E-state index in [2.05, 4.69) is 36.7 Å². The fourth-order valence-corrected chi connectivity index (χ4v) is 2.05. The zero-order valence-electron chi connectivity index (χ0n) is 17.4. The molecule has 0 radical (unpaired) electrons. The molecular weight excluding hydrogens is 372 g/mol. The van der Waals surface area contributed by atoms with Crippen molar-refractivity contribution in [3.05, 3.63) is 55.1 Å². The van der Waals surface area contributed by atoms with E-state index in [0.29, 0.717) is 19.5 Å². The van der Waals surface area contributed by atoms with E-state index in [9.17, 15) is 14.4 Å². The van der Waals surface area contributed by atoms with E-state index in [4.69, 9.17) is 5.11 Å². The van der Waals surface area contributed by atoms with Crippen molar-refractivity contribution in [2.24, 2.45) is 0 Å². The maximum atomic E-state index is 11.6. The Kier molecular flexibility index (Phi) is 14.2. The molecular formula is C22H32N2O5. The molecule has 7 nitrogen and oxygen atoms in total. The highest BCUT2D eigenvalue weighted by atomic mass is 16.7. The summed E-state index contributed by atoms with van der Waals surface area (Å²) in [4.78, 5) is 39.3. The lowest BCUT2D eigenvalue weighted by Gasteiger charge is -2.21. The normalized spacial score (nSPS) is 9.45. The topological polar surface area (TPSA) is 95.9 Å². The monoisotopic (exact) mass is 404 g/mol. The van der Waals surface area contributed by atoms with Crippen molar-refractivity contribution < 1.29 is 24.3 Å². The molecule has 0 bridgehead atoms. The zero-order valence-corrected chi connectivity index (χ0v) is 17.4. The summed E-state index contributed by atoms with van der Waals surface area (Å²) in [6, 6.07) is 7.73. The molecule has 0 atom stereocenters. The Morgan fingerprint density at radius 1 is 1.07 bits per heavy atom. The van der Waals surface area contributed by atoms with Crippen LogP contribution in [0, 0.1) is 0 Å². The first-order chi connectivity index (χ1) is 13.9. The van der Waals surface area contributed by atoms with Gasteiger partial charge in [0.2, 0.25) is 0 Å². The summed E-state index contributed by atoms with van der Waals surface area (Å²) in [7, 11) is 0. The average Bonchev–Trinajstić information content (AvgIpc) is 2.70. The quantitative estimate of drug-likeness (QED) is 0.332. The van der Waals surface area contributed by atoms with Crippen molar-refractivity contribution in [2.45, 2.75) is 46.0 Å². The van der Waals surface area contributed by atoms with Gasteiger partial charge in [-0.05, 0) is 24.1 Å². The number of hydrogen-bond acceptors (Lipinski definition) is 5. The van der Waals surface area contributed by atoms with Gasteiger partial charge in [0.05, 0.1) is 0 Å². The summed E-state index contributed by atoms with van der Waals surface area (Å²) in [5.41, 5.74) is 3.91. The van der Waals surface area contributed by atoms with Gasteiger partial charge in [0.1, 0.15) is 6.42 Å². The van der Waals surface area contributed by atoms with Crippen LogP contribution in [0.3, 0.4) is 0 Å². The molecule has 0 aliphatic rings. The summed E-state index contributed by atoms with van der Waals surface area (Å²) >= 11 is 0. The summed E-state index contributed by atoms with van der Waals surface area (Å²) in [6.07, 6.45) is 6.04. The number of carboxylic acid groups (broad SMARTS) is 1. The maximum Gasteiger partial charge on any atom is 0.343 e. The van der Waals surface area contributed by atoms with E-state index in [-0.39, 0.29) is 6.42 Å². The third-order valence-electron chi connectivity index (χ3n) is 3.72. The molecule has 29 heavy (non-hydrogen) atoms. The number of benzene rings is 1. The molecule has 1 aromatic carbocycles. The lowest BCUT2D eigenvalue weighted by atomic mass is 10.1. The van der Waals surface area contributed by atoms with Crippen LogP contribution < -0.4 is 10.4 Å². The Balaban J connectivity index is 0.00000178. The van der Waals surface area contributed by atoms with Gasteiger partial charge in [0.25, 0.3) is 5.91 Å². The molecule has 7 heteroatoms. The van der Waals surface area contributed by atoms with Gasteiger partial charge in [-0.1, -0.05) is 51.0 Å². The molecule has 0 fully saturated rings. The number of carboxylic acids is 1. The first kappa shape index (κ1) is 25.9. The van der Waals surface area contributed by atoms with Crippen LogP contribution in [0.1, 0.15) is 45.1 Å². The number of nitrogens with one attached hydrogen (secondary N) is 1. The Labute approximate surface area is 173 Å². The Bertz CT molecular complexity index is 644. The molecule has 1 rings (SSSR count). The van der Waals surface area contributed by atoms with E-state index < -0.39 is 24.3 Å². The third-order valence-corrected chi connectivity index (χ3v) is 3.72. The number of carbonyl (C=O) groups is 3. The van der Waals surface area contributed by atoms with E-state index in [1.807, 2.05) is 41.9 Å². The van der Waals surface area contributed by atoms with Crippen molar-refractivity contribution in [1.29, 1.82) is 0 Å². The van der Waals surface area contributed by atoms with Gasteiger partial charge in [0, 0.05) is 25.2 Å². The molecule has 160 valence electrons. The van der Waals surface area contributed by atoms with Crippen LogP contribution in [0.15, 0.2) is 49.6 Å². The van der Waals surface area contributed by atoms with Crippen LogP contribution in [-0.2, 0) is 25.6 Å². The maximum absolute atomic E-state index is 11.6. The molecule has 0 aromatic heterocycles. The van der Waals surface area contributed by atoms with Gasteiger partial charge in [-0.15, -0.1) is 13.2 Å². The predicted octanol–water partition coefficient (Wildman–Crippen LogP) is 3.65. The SMILES string of the molecule is C=CCN(CC=C)c1ccc(CCC(=O)NOC(=O)CC(=O)O)cc1.CCCC. The van der Waals surface area contributed by atoms with Crippen LogP contribution in [0.5, 0.6) is 0 Å². The van der Waals surface area contributed by atoms with Crippen molar-refractivity contribution in [3.8, 4) is 0 Å². The van der Waals surface area contributed by atoms with Crippen LogP contribution in [0.4, 0.5) is 5.69 Å². The zero-order chi connectivity index (χ0) is 22.1. The summed E-state index contributed by atoms with van der Waals surface area (Å²) in [5, 5.41) is 8.40. The van der Waals surface area contributed by atoms with Gasteiger partial charge in [-0.2, -0.15) is 5.48 Å². The minimum Gasteiger partial charge on any atom is -0.481 e. The minimum absolute atomic E-state index is 0.114. The van der Waals surface area contributed by atoms with Crippen LogP contribution >= 0.6 is 0 Å². The van der Waals surface area contributed by atoms with Gasteiger partial charge in [0.15, 0.2) is 0 Å². The number of amides is 1. The molecule has 2 N–H and O–H groups in total. The van der Waals surface area contributed by atoms with Gasteiger partial charge in [-0.25, -0.2) is 4.79 Å². The number of aliphatic carboxylic acids is 1. The molecule has 0 aliphatic carbocycles. The van der Waals surface area contributed by atoms with Crippen LogP contribution in [0.25, 0.3) is 0 Å². The van der Waals surface area contributed by atoms with Crippen molar-refractivity contribution in [3.63, 3.8) is 0 Å². The van der Waals surface area contributed by atoms with Crippen LogP contribution in [0.2, 0.25) is 0 Å². The van der Waals surface area contributed by atoms with Gasteiger partial charge >= 0.3 is 11.9 Å². The van der Waals surface area contributed by atoms with E-state index in [0.717, 1.165) is 11.3 Å². The minimum atomic E-state index is -1.32. The fraction of sp³-hybridized carbons (Fsp3) is 0.409. The first-order valence-electron chi connectivity index (χ1n) is 9.63. The molecule has 0 saturated carbocycles. The number of carbonyl (C=O) groups excluding carboxylic acids is 2. The van der Waals surface area contributed by atoms with E-state index in [1.165, 1.54) is 12.8 Å². The fourth-order valence-electron chi connectivity index (χ4n) is 2.05. The molecule has 1 aromatic rings. The Hall–Kier alpha value is -3.09. The van der Waals surface area contributed by atoms with E-state index in [1.54, 1.807) is 0 Å². The number of anilines is 1. The van der Waals surface area contributed by atoms with Gasteiger partial charge in [-0.3, -0.25) is 9.59 Å². The van der Waals surface area contributed by atoms with Crippen molar-refractivity contribution >= 4 is 23.5 Å². The molecule has 0 unspecified atom stereocenters. The second-order valence-electron chi connectivity index (χ2n) is 6.22. The van der Waals surface area contributed by atoms with Crippen molar-refractivity contribution in [2.75, 3.05) is 18.0 Å². The third kappa shape index (κ3) is 12.8.